The summed E-state index contributed by atoms with van der Waals surface area (Å²) in [6.45, 7) is 5.85. The largest absolute Gasteiger partial charge is 0.304 e. The van der Waals surface area contributed by atoms with E-state index in [9.17, 15) is 0 Å². The Balaban J connectivity index is 1.83. The molecule has 1 aliphatic heterocycles. The van der Waals surface area contributed by atoms with Crippen molar-refractivity contribution in [2.24, 2.45) is 0 Å². The van der Waals surface area contributed by atoms with E-state index in [4.69, 9.17) is 0 Å². The Morgan fingerprint density at radius 3 is 2.77 bits per heavy atom. The van der Waals surface area contributed by atoms with Crippen LogP contribution in [0.15, 0.2) is 11.7 Å². The van der Waals surface area contributed by atoms with Crippen molar-refractivity contribution < 1.29 is 0 Å². The van der Waals surface area contributed by atoms with Crippen molar-refractivity contribution in [2.45, 2.75) is 6.54 Å². The smallest absolute Gasteiger partial charge is 0.0794 e. The molecule has 1 saturated heterocycles. The van der Waals surface area contributed by atoms with Gasteiger partial charge in [-0.25, -0.2) is 0 Å². The number of nitrogens with zero attached hydrogens (tertiary/aromatic N) is 3. The molecule has 0 aliphatic carbocycles. The van der Waals surface area contributed by atoms with E-state index in [2.05, 4.69) is 21.8 Å². The number of thiazole rings is 1. The summed E-state index contributed by atoms with van der Waals surface area (Å²) in [7, 11) is 2.18. The molecule has 1 aromatic heterocycles. The van der Waals surface area contributed by atoms with E-state index in [0.717, 1.165) is 6.54 Å². The Hall–Kier alpha value is -0.450. The van der Waals surface area contributed by atoms with Crippen molar-refractivity contribution in [3.8, 4) is 0 Å². The SMILES string of the molecule is CN1CCN(Cc2cncs2)CC1. The second-order valence-electron chi connectivity index (χ2n) is 3.55. The van der Waals surface area contributed by atoms with E-state index in [1.54, 1.807) is 11.3 Å². The fraction of sp³-hybridized carbons (Fsp3) is 0.667. The maximum atomic E-state index is 4.08. The first-order chi connectivity index (χ1) is 6.34. The Labute approximate surface area is 83.0 Å². The van der Waals surface area contributed by atoms with Crippen LogP contribution in [-0.4, -0.2) is 48.0 Å². The zero-order chi connectivity index (χ0) is 9.10. The molecule has 0 aromatic carbocycles. The van der Waals surface area contributed by atoms with Crippen LogP contribution in [0.4, 0.5) is 0 Å². The molecule has 0 unspecified atom stereocenters. The number of piperazine rings is 1. The molecule has 0 amide bonds. The molecule has 0 atom stereocenters. The lowest BCUT2D eigenvalue weighted by molar-refractivity contribution is 0.149. The summed E-state index contributed by atoms with van der Waals surface area (Å²) in [5, 5.41) is 0. The van der Waals surface area contributed by atoms with E-state index in [-0.39, 0.29) is 0 Å². The maximum absolute atomic E-state index is 4.08. The third-order valence-corrected chi connectivity index (χ3v) is 3.22. The van der Waals surface area contributed by atoms with Gasteiger partial charge in [0.2, 0.25) is 0 Å². The summed E-state index contributed by atoms with van der Waals surface area (Å²) in [4.78, 5) is 10.3. The molecule has 0 N–H and O–H groups in total. The highest BCUT2D eigenvalue weighted by Gasteiger charge is 2.13. The van der Waals surface area contributed by atoms with Crippen molar-refractivity contribution in [1.29, 1.82) is 0 Å². The van der Waals surface area contributed by atoms with E-state index in [0.29, 0.717) is 0 Å². The Kier molecular flexibility index (Phi) is 2.93. The molecule has 0 spiro atoms. The molecule has 72 valence electrons. The van der Waals surface area contributed by atoms with Gasteiger partial charge in [-0.15, -0.1) is 11.3 Å². The van der Waals surface area contributed by atoms with Crippen LogP contribution >= 0.6 is 11.3 Å². The lowest BCUT2D eigenvalue weighted by atomic mass is 10.3. The third-order valence-electron chi connectivity index (χ3n) is 2.46. The number of rotatable bonds is 2. The second-order valence-corrected chi connectivity index (χ2v) is 4.52. The maximum Gasteiger partial charge on any atom is 0.0794 e. The molecule has 3 nitrogen and oxygen atoms in total. The normalized spacial score (nSPS) is 20.7. The minimum absolute atomic E-state index is 1.08. The zero-order valence-corrected chi connectivity index (χ0v) is 8.76. The highest BCUT2D eigenvalue weighted by molar-refractivity contribution is 7.09. The Morgan fingerprint density at radius 1 is 1.38 bits per heavy atom. The summed E-state index contributed by atoms with van der Waals surface area (Å²) in [5.74, 6) is 0. The second kappa shape index (κ2) is 4.17. The average molecular weight is 197 g/mol. The van der Waals surface area contributed by atoms with Crippen molar-refractivity contribution in [2.75, 3.05) is 33.2 Å². The predicted molar refractivity (Wildman–Crippen MR) is 54.9 cm³/mol. The highest BCUT2D eigenvalue weighted by atomic mass is 32.1. The molecular weight excluding hydrogens is 182 g/mol. The van der Waals surface area contributed by atoms with Crippen LogP contribution in [0.25, 0.3) is 0 Å². The number of hydrogen-bond acceptors (Lipinski definition) is 4. The van der Waals surface area contributed by atoms with Gasteiger partial charge < -0.3 is 4.90 Å². The Bertz CT molecular complexity index is 239. The first-order valence-corrected chi connectivity index (χ1v) is 5.51. The summed E-state index contributed by atoms with van der Waals surface area (Å²) >= 11 is 1.75. The van der Waals surface area contributed by atoms with Crippen LogP contribution in [0.3, 0.4) is 0 Å². The lowest BCUT2D eigenvalue weighted by Gasteiger charge is -2.31. The summed E-state index contributed by atoms with van der Waals surface area (Å²) in [6.07, 6.45) is 1.98. The van der Waals surface area contributed by atoms with E-state index in [1.165, 1.54) is 31.1 Å². The molecule has 1 aromatic rings. The Morgan fingerprint density at radius 2 is 2.15 bits per heavy atom. The van der Waals surface area contributed by atoms with Gasteiger partial charge in [0.1, 0.15) is 0 Å². The van der Waals surface area contributed by atoms with Crippen LogP contribution in [0.1, 0.15) is 4.88 Å². The van der Waals surface area contributed by atoms with Gasteiger partial charge in [0.25, 0.3) is 0 Å². The van der Waals surface area contributed by atoms with Crippen LogP contribution in [0.2, 0.25) is 0 Å². The minimum Gasteiger partial charge on any atom is -0.304 e. The molecule has 0 saturated carbocycles. The van der Waals surface area contributed by atoms with Crippen LogP contribution in [-0.2, 0) is 6.54 Å². The molecule has 13 heavy (non-hydrogen) atoms. The van der Waals surface area contributed by atoms with Gasteiger partial charge >= 0.3 is 0 Å². The summed E-state index contributed by atoms with van der Waals surface area (Å²) < 4.78 is 0. The summed E-state index contributed by atoms with van der Waals surface area (Å²) in [6, 6.07) is 0. The number of hydrogen-bond donors (Lipinski definition) is 0. The fourth-order valence-corrected chi connectivity index (χ4v) is 2.18. The average Bonchev–Trinajstić information content (AvgIpc) is 2.62. The number of likely N-dealkylation sites (N-methyl/N-ethyl adjacent to an activating group) is 1. The quantitative estimate of drug-likeness (QED) is 0.702. The molecule has 0 radical (unpaired) electrons. The highest BCUT2D eigenvalue weighted by Crippen LogP contribution is 2.10. The summed E-state index contributed by atoms with van der Waals surface area (Å²) in [5.41, 5.74) is 1.91. The van der Waals surface area contributed by atoms with Gasteiger partial charge in [0.15, 0.2) is 0 Å². The van der Waals surface area contributed by atoms with Gasteiger partial charge in [-0.1, -0.05) is 0 Å². The zero-order valence-electron chi connectivity index (χ0n) is 7.94. The van der Waals surface area contributed by atoms with Crippen molar-refractivity contribution in [1.82, 2.24) is 14.8 Å². The van der Waals surface area contributed by atoms with Gasteiger partial charge in [-0.2, -0.15) is 0 Å². The monoisotopic (exact) mass is 197 g/mol. The first-order valence-electron chi connectivity index (χ1n) is 4.63. The fourth-order valence-electron chi connectivity index (χ4n) is 1.55. The lowest BCUT2D eigenvalue weighted by Crippen LogP contribution is -2.43. The van der Waals surface area contributed by atoms with Crippen LogP contribution < -0.4 is 0 Å². The van der Waals surface area contributed by atoms with Gasteiger partial charge in [0.05, 0.1) is 5.51 Å². The van der Waals surface area contributed by atoms with Crippen molar-refractivity contribution in [3.05, 3.63) is 16.6 Å². The first kappa shape index (κ1) is 9.12. The topological polar surface area (TPSA) is 19.4 Å². The predicted octanol–water partition coefficient (Wildman–Crippen LogP) is 0.890. The van der Waals surface area contributed by atoms with Gasteiger partial charge in [-0.05, 0) is 7.05 Å². The van der Waals surface area contributed by atoms with Gasteiger partial charge in [-0.3, -0.25) is 9.88 Å². The van der Waals surface area contributed by atoms with Crippen molar-refractivity contribution in [3.63, 3.8) is 0 Å². The van der Waals surface area contributed by atoms with Gasteiger partial charge in [0, 0.05) is 43.8 Å². The van der Waals surface area contributed by atoms with Crippen LogP contribution in [0, 0.1) is 0 Å². The molecule has 0 bridgehead atoms. The molecular formula is C9H15N3S. The third kappa shape index (κ3) is 2.49. The van der Waals surface area contributed by atoms with E-state index in [1.807, 2.05) is 11.7 Å². The molecule has 2 rings (SSSR count). The van der Waals surface area contributed by atoms with Crippen molar-refractivity contribution >= 4 is 11.3 Å². The molecule has 2 heterocycles. The van der Waals surface area contributed by atoms with Crippen LogP contribution in [0.5, 0.6) is 0 Å². The molecule has 1 fully saturated rings. The molecule has 4 heteroatoms. The van der Waals surface area contributed by atoms with E-state index >= 15 is 0 Å². The molecule has 1 aliphatic rings. The standard InChI is InChI=1S/C9H15N3S/c1-11-2-4-12(5-3-11)7-9-6-10-8-13-9/h6,8H,2-5,7H2,1H3. The minimum atomic E-state index is 1.08. The van der Waals surface area contributed by atoms with E-state index < -0.39 is 0 Å². The number of aromatic nitrogens is 1.